The molecule has 1 saturated heterocycles. The molecule has 3 unspecified atom stereocenters. The van der Waals surface area contributed by atoms with Gasteiger partial charge in [-0.1, -0.05) is 13.3 Å². The number of ether oxygens (including phenoxy) is 1. The number of hydrogen-bond donors (Lipinski definition) is 4. The Morgan fingerprint density at radius 1 is 1.40 bits per heavy atom. The lowest BCUT2D eigenvalue weighted by atomic mass is 9.96. The zero-order chi connectivity index (χ0) is 14.3. The summed E-state index contributed by atoms with van der Waals surface area (Å²) >= 11 is 0. The van der Waals surface area contributed by atoms with Crippen LogP contribution < -0.4 is 4.74 Å². The second-order valence-corrected chi connectivity index (χ2v) is 5.47. The molecule has 3 aliphatic rings. The van der Waals surface area contributed by atoms with Crippen LogP contribution in [0.25, 0.3) is 0 Å². The van der Waals surface area contributed by atoms with Crippen molar-refractivity contribution in [1.29, 1.82) is 0 Å². The van der Waals surface area contributed by atoms with E-state index in [0.717, 1.165) is 6.42 Å². The van der Waals surface area contributed by atoms with Crippen LogP contribution >= 0.6 is 0 Å². The fourth-order valence-corrected chi connectivity index (χ4v) is 3.47. The molecule has 0 radical (unpaired) electrons. The van der Waals surface area contributed by atoms with Gasteiger partial charge in [0.25, 0.3) is 5.72 Å². The normalized spacial score (nSPS) is 35.5. The molecule has 4 N–H and O–H groups in total. The molecule has 4 rings (SSSR count). The van der Waals surface area contributed by atoms with Crippen molar-refractivity contribution in [3.05, 3.63) is 29.5 Å². The van der Waals surface area contributed by atoms with Crippen molar-refractivity contribution in [3.8, 4) is 17.2 Å². The largest absolute Gasteiger partial charge is 0.507 e. The number of aliphatic hydroxyl groups is 2. The number of phenols is 2. The topological polar surface area (TPSA) is 93.2 Å². The molecule has 106 valence electrons. The maximum atomic E-state index is 10.8. The molecule has 6 nitrogen and oxygen atoms in total. The Hall–Kier alpha value is -1.92. The highest BCUT2D eigenvalue weighted by Crippen LogP contribution is 2.71. The fraction of sp³-hybridized carbons (Fsp3) is 0.429. The maximum absolute atomic E-state index is 10.8. The van der Waals surface area contributed by atoms with Crippen LogP contribution in [0.15, 0.2) is 18.3 Å². The smallest absolute Gasteiger partial charge is 0.267 e. The molecule has 0 saturated carbocycles. The predicted octanol–water partition coefficient (Wildman–Crippen LogP) is 0.488. The molecular weight excluding hydrogens is 262 g/mol. The van der Waals surface area contributed by atoms with E-state index in [4.69, 9.17) is 4.74 Å². The first-order valence-corrected chi connectivity index (χ1v) is 6.64. The Balaban J connectivity index is 1.92. The average Bonchev–Trinajstić information content (AvgIpc) is 2.67. The Kier molecular flexibility index (Phi) is 1.91. The van der Waals surface area contributed by atoms with E-state index in [1.807, 2.05) is 6.92 Å². The Morgan fingerprint density at radius 2 is 2.15 bits per heavy atom. The summed E-state index contributed by atoms with van der Waals surface area (Å²) in [6, 6.07) is 1.39. The third kappa shape index (κ3) is 0.949. The van der Waals surface area contributed by atoms with E-state index in [0.29, 0.717) is 12.0 Å². The molecule has 1 fully saturated rings. The van der Waals surface area contributed by atoms with Crippen molar-refractivity contribution in [2.75, 3.05) is 0 Å². The first kappa shape index (κ1) is 11.9. The van der Waals surface area contributed by atoms with Gasteiger partial charge in [-0.15, -0.1) is 0 Å². The van der Waals surface area contributed by atoms with E-state index in [-0.39, 0.29) is 22.8 Å². The predicted molar refractivity (Wildman–Crippen MR) is 68.0 cm³/mol. The van der Waals surface area contributed by atoms with Crippen molar-refractivity contribution in [2.45, 2.75) is 37.3 Å². The summed E-state index contributed by atoms with van der Waals surface area (Å²) in [4.78, 5) is 1.47. The van der Waals surface area contributed by atoms with Crippen molar-refractivity contribution >= 4 is 0 Å². The average molecular weight is 277 g/mol. The minimum atomic E-state index is -1.56. The van der Waals surface area contributed by atoms with E-state index in [2.05, 4.69) is 0 Å². The highest BCUT2D eigenvalue weighted by Gasteiger charge is 2.87. The lowest BCUT2D eigenvalue weighted by molar-refractivity contribution is -0.00572. The number of aliphatic hydroxyl groups excluding tert-OH is 1. The van der Waals surface area contributed by atoms with Crippen LogP contribution in [0.5, 0.6) is 17.2 Å². The molecular formula is C14H15NO5. The highest BCUT2D eigenvalue weighted by atomic mass is 16.6. The van der Waals surface area contributed by atoms with Crippen LogP contribution in [0.2, 0.25) is 0 Å². The third-order valence-electron chi connectivity index (χ3n) is 4.43. The van der Waals surface area contributed by atoms with Gasteiger partial charge in [0.2, 0.25) is 5.72 Å². The molecule has 0 aliphatic carbocycles. The van der Waals surface area contributed by atoms with Crippen molar-refractivity contribution in [2.24, 2.45) is 0 Å². The first-order valence-electron chi connectivity index (χ1n) is 6.64. The monoisotopic (exact) mass is 277 g/mol. The van der Waals surface area contributed by atoms with Gasteiger partial charge in [0.1, 0.15) is 23.4 Å². The molecule has 1 spiro atoms. The minimum Gasteiger partial charge on any atom is -0.507 e. The summed E-state index contributed by atoms with van der Waals surface area (Å²) in [6.07, 6.45) is 3.32. The van der Waals surface area contributed by atoms with Gasteiger partial charge in [-0.3, -0.25) is 4.90 Å². The molecule has 1 aromatic carbocycles. The van der Waals surface area contributed by atoms with E-state index in [9.17, 15) is 20.4 Å². The summed E-state index contributed by atoms with van der Waals surface area (Å²) in [5.41, 5.74) is -2.23. The van der Waals surface area contributed by atoms with Gasteiger partial charge < -0.3 is 25.2 Å². The zero-order valence-corrected chi connectivity index (χ0v) is 10.9. The maximum Gasteiger partial charge on any atom is 0.267 e. The molecule has 0 aromatic heterocycles. The van der Waals surface area contributed by atoms with E-state index in [1.54, 1.807) is 6.20 Å². The lowest BCUT2D eigenvalue weighted by Crippen LogP contribution is -2.36. The highest BCUT2D eigenvalue weighted by molar-refractivity contribution is 5.66. The SMILES string of the molecule is CCCc1c(O)cc2c(c1O)C1(O)N3C=CC(O)C31O2. The number of aromatic hydroxyl groups is 2. The molecule has 0 amide bonds. The number of nitrogens with zero attached hydrogens (tertiary/aromatic N) is 1. The van der Waals surface area contributed by atoms with E-state index >= 15 is 0 Å². The Bertz CT molecular complexity index is 657. The van der Waals surface area contributed by atoms with Crippen LogP contribution in [0.4, 0.5) is 0 Å². The molecule has 3 aliphatic heterocycles. The summed E-state index contributed by atoms with van der Waals surface area (Å²) < 4.78 is 5.65. The summed E-state index contributed by atoms with van der Waals surface area (Å²) in [7, 11) is 0. The quantitative estimate of drug-likeness (QED) is 0.588. The Morgan fingerprint density at radius 3 is 2.85 bits per heavy atom. The van der Waals surface area contributed by atoms with Crippen LogP contribution in [0.3, 0.4) is 0 Å². The number of hydrogen-bond acceptors (Lipinski definition) is 6. The first-order chi connectivity index (χ1) is 9.48. The van der Waals surface area contributed by atoms with Gasteiger partial charge in [0.15, 0.2) is 0 Å². The zero-order valence-electron chi connectivity index (χ0n) is 10.9. The second kappa shape index (κ2) is 3.21. The minimum absolute atomic E-state index is 0.0589. The van der Waals surface area contributed by atoms with Gasteiger partial charge in [-0.05, 0) is 12.5 Å². The molecule has 20 heavy (non-hydrogen) atoms. The van der Waals surface area contributed by atoms with Crippen LogP contribution in [0, 0.1) is 0 Å². The fourth-order valence-electron chi connectivity index (χ4n) is 3.47. The molecule has 1 aromatic rings. The van der Waals surface area contributed by atoms with Gasteiger partial charge in [-0.25, -0.2) is 0 Å². The standard InChI is InChI=1S/C14H15NO5/c1-2-3-7-8(16)6-9-11(12(7)18)13(19)14(20-9)10(17)4-5-15(13)14/h4-6,10,16-19H,2-3H2,1H3. The lowest BCUT2D eigenvalue weighted by Gasteiger charge is -2.17. The number of phenolic OH excluding ortho intramolecular Hbond substituents is 2. The van der Waals surface area contributed by atoms with E-state index in [1.165, 1.54) is 17.0 Å². The second-order valence-electron chi connectivity index (χ2n) is 5.47. The van der Waals surface area contributed by atoms with E-state index < -0.39 is 17.6 Å². The summed E-state index contributed by atoms with van der Waals surface area (Å²) in [5, 5.41) is 41.1. The van der Waals surface area contributed by atoms with Crippen molar-refractivity contribution in [1.82, 2.24) is 4.90 Å². The summed E-state index contributed by atoms with van der Waals surface area (Å²) in [6.45, 7) is 1.93. The van der Waals surface area contributed by atoms with Gasteiger partial charge in [0.05, 0.1) is 5.56 Å². The molecule has 3 atom stereocenters. The van der Waals surface area contributed by atoms with Crippen LogP contribution in [-0.2, 0) is 12.1 Å². The molecule has 0 bridgehead atoms. The third-order valence-corrected chi connectivity index (χ3v) is 4.43. The number of benzene rings is 1. The van der Waals surface area contributed by atoms with Gasteiger partial charge in [-0.2, -0.15) is 0 Å². The van der Waals surface area contributed by atoms with Crippen molar-refractivity contribution < 1.29 is 25.2 Å². The number of rotatable bonds is 2. The molecule has 3 heterocycles. The van der Waals surface area contributed by atoms with Crippen molar-refractivity contribution in [3.63, 3.8) is 0 Å². The number of fused-ring (bicyclic) bond motifs is 3. The van der Waals surface area contributed by atoms with Gasteiger partial charge >= 0.3 is 0 Å². The Labute approximate surface area is 115 Å². The van der Waals surface area contributed by atoms with Crippen LogP contribution in [0.1, 0.15) is 24.5 Å². The van der Waals surface area contributed by atoms with Crippen LogP contribution in [-0.4, -0.2) is 37.2 Å². The summed E-state index contributed by atoms with van der Waals surface area (Å²) in [5.74, 6) is -0.00558. The molecule has 6 heteroatoms. The van der Waals surface area contributed by atoms with Gasteiger partial charge in [0, 0.05) is 17.8 Å².